The van der Waals surface area contributed by atoms with Gasteiger partial charge in [0.1, 0.15) is 16.4 Å². The van der Waals surface area contributed by atoms with Crippen LogP contribution in [0.4, 0.5) is 5.82 Å². The highest BCUT2D eigenvalue weighted by molar-refractivity contribution is 7.73. The van der Waals surface area contributed by atoms with Crippen molar-refractivity contribution in [1.82, 2.24) is 9.88 Å². The van der Waals surface area contributed by atoms with Gasteiger partial charge in [-0.05, 0) is 41.5 Å². The average Bonchev–Trinajstić information content (AvgIpc) is 2.96. The molecule has 3 N–H and O–H groups in total. The lowest BCUT2D eigenvalue weighted by atomic mass is 10.2. The number of carbonyl (C=O) groups excluding carboxylic acids is 1. The molecule has 3 rings (SSSR count). The number of nitrogens with two attached hydrogens (primary N) is 1. The smallest absolute Gasteiger partial charge is 0.265 e. The molecule has 1 aromatic heterocycles. The molecule has 27 heavy (non-hydrogen) atoms. The van der Waals surface area contributed by atoms with Crippen LogP contribution in [0.15, 0.2) is 48.5 Å². The summed E-state index contributed by atoms with van der Waals surface area (Å²) in [7, 11) is 1.62. The lowest BCUT2D eigenvalue weighted by Gasteiger charge is -2.08. The van der Waals surface area contributed by atoms with Crippen molar-refractivity contribution < 1.29 is 9.53 Å². The fourth-order valence-corrected chi connectivity index (χ4v) is 3.98. The van der Waals surface area contributed by atoms with Crippen molar-refractivity contribution in [3.8, 4) is 5.75 Å². The number of nitrogens with zero attached hydrogens (tertiary/aromatic N) is 1. The zero-order chi connectivity index (χ0) is 19.4. The van der Waals surface area contributed by atoms with Gasteiger partial charge in [-0.25, -0.2) is 0 Å². The first-order valence-electron chi connectivity index (χ1n) is 8.13. The van der Waals surface area contributed by atoms with Gasteiger partial charge >= 0.3 is 0 Å². The van der Waals surface area contributed by atoms with E-state index in [1.165, 1.54) is 11.3 Å². The molecule has 0 atom stereocenters. The van der Waals surface area contributed by atoms with Gasteiger partial charge in [0.25, 0.3) is 5.91 Å². The number of aromatic nitrogens is 1. The lowest BCUT2D eigenvalue weighted by Crippen LogP contribution is -2.23. The number of hydrogen-bond donors (Lipinski definition) is 2. The first kappa shape index (κ1) is 19.4. The summed E-state index contributed by atoms with van der Waals surface area (Å²) in [5, 5.41) is 3.45. The standard InChI is InChI=1S/C19H18ClN3O2S2/c1-25-14-8-6-12(7-9-14)11-23-17(21)16(27-19(23)26)18(24)22-10-13-4-2-3-5-15(13)20/h2-9H,10-11,21H2,1H3,(H,22,24). The van der Waals surface area contributed by atoms with Crippen molar-refractivity contribution in [2.24, 2.45) is 0 Å². The second kappa shape index (κ2) is 8.56. The lowest BCUT2D eigenvalue weighted by molar-refractivity contribution is 0.0955. The van der Waals surface area contributed by atoms with E-state index in [0.29, 0.717) is 32.8 Å². The number of halogens is 1. The Morgan fingerprint density at radius 2 is 1.96 bits per heavy atom. The summed E-state index contributed by atoms with van der Waals surface area (Å²) in [5.74, 6) is 0.870. The molecule has 140 valence electrons. The third-order valence-corrected chi connectivity index (χ3v) is 5.87. The number of thiazole rings is 1. The molecule has 0 spiro atoms. The van der Waals surface area contributed by atoms with Crippen molar-refractivity contribution in [1.29, 1.82) is 0 Å². The number of methoxy groups -OCH3 is 1. The fraction of sp³-hybridized carbons (Fsp3) is 0.158. The summed E-state index contributed by atoms with van der Waals surface area (Å²) < 4.78 is 7.47. The number of amides is 1. The molecule has 0 saturated heterocycles. The van der Waals surface area contributed by atoms with Gasteiger partial charge in [0.05, 0.1) is 13.7 Å². The Bertz CT molecular complexity index is 1010. The molecule has 1 heterocycles. The van der Waals surface area contributed by atoms with E-state index in [1.807, 2.05) is 42.5 Å². The number of rotatable bonds is 6. The second-order valence-electron chi connectivity index (χ2n) is 5.79. The van der Waals surface area contributed by atoms with E-state index in [0.717, 1.165) is 16.9 Å². The number of benzene rings is 2. The van der Waals surface area contributed by atoms with Gasteiger partial charge in [0.15, 0.2) is 3.95 Å². The largest absolute Gasteiger partial charge is 0.497 e. The van der Waals surface area contributed by atoms with Crippen LogP contribution in [0.3, 0.4) is 0 Å². The highest BCUT2D eigenvalue weighted by atomic mass is 35.5. The summed E-state index contributed by atoms with van der Waals surface area (Å²) in [4.78, 5) is 13.0. The van der Waals surface area contributed by atoms with Gasteiger partial charge in [-0.1, -0.05) is 53.3 Å². The molecule has 0 saturated carbocycles. The quantitative estimate of drug-likeness (QED) is 0.577. The van der Waals surface area contributed by atoms with Crippen LogP contribution >= 0.6 is 35.2 Å². The van der Waals surface area contributed by atoms with Crippen LogP contribution in [0, 0.1) is 3.95 Å². The zero-order valence-corrected chi connectivity index (χ0v) is 17.0. The number of nitrogens with one attached hydrogen (secondary N) is 1. The van der Waals surface area contributed by atoms with E-state index >= 15 is 0 Å². The first-order chi connectivity index (χ1) is 13.0. The molecule has 3 aromatic rings. The number of nitrogen functional groups attached to an aromatic ring is 1. The molecule has 0 unspecified atom stereocenters. The highest BCUT2D eigenvalue weighted by Gasteiger charge is 2.17. The second-order valence-corrected chi connectivity index (χ2v) is 7.84. The predicted octanol–water partition coefficient (Wildman–Crippen LogP) is 4.50. The Morgan fingerprint density at radius 1 is 1.26 bits per heavy atom. The Balaban J connectivity index is 1.75. The van der Waals surface area contributed by atoms with Crippen LogP contribution in [0.5, 0.6) is 5.75 Å². The van der Waals surface area contributed by atoms with Crippen LogP contribution < -0.4 is 15.8 Å². The molecule has 0 aliphatic rings. The predicted molar refractivity (Wildman–Crippen MR) is 112 cm³/mol. The topological polar surface area (TPSA) is 69.3 Å². The SMILES string of the molecule is COc1ccc(Cn2c(N)c(C(=O)NCc3ccccc3Cl)sc2=S)cc1. The monoisotopic (exact) mass is 419 g/mol. The van der Waals surface area contributed by atoms with E-state index in [1.54, 1.807) is 17.7 Å². The van der Waals surface area contributed by atoms with Crippen LogP contribution in [0.25, 0.3) is 0 Å². The van der Waals surface area contributed by atoms with Gasteiger partial charge in [0.2, 0.25) is 0 Å². The molecule has 0 aliphatic carbocycles. The van der Waals surface area contributed by atoms with Gasteiger partial charge in [-0.15, -0.1) is 0 Å². The molecule has 0 aliphatic heterocycles. The zero-order valence-electron chi connectivity index (χ0n) is 14.6. The fourth-order valence-electron chi connectivity index (χ4n) is 2.54. The first-order valence-corrected chi connectivity index (χ1v) is 9.73. The molecular weight excluding hydrogens is 402 g/mol. The molecule has 2 aromatic carbocycles. The van der Waals surface area contributed by atoms with Crippen LogP contribution in [0.1, 0.15) is 20.8 Å². The molecule has 0 radical (unpaired) electrons. The Hall–Kier alpha value is -2.35. The molecular formula is C19H18ClN3O2S2. The van der Waals surface area contributed by atoms with E-state index in [2.05, 4.69) is 5.32 Å². The van der Waals surface area contributed by atoms with Crippen LogP contribution in [-0.2, 0) is 13.1 Å². The van der Waals surface area contributed by atoms with Crippen molar-refractivity contribution in [2.75, 3.05) is 12.8 Å². The number of ether oxygens (including phenoxy) is 1. The third-order valence-electron chi connectivity index (χ3n) is 4.04. The third kappa shape index (κ3) is 4.50. The van der Waals surface area contributed by atoms with E-state index in [-0.39, 0.29) is 5.91 Å². The number of carbonyl (C=O) groups is 1. The molecule has 0 fully saturated rings. The number of hydrogen-bond acceptors (Lipinski definition) is 5. The van der Waals surface area contributed by atoms with Gasteiger partial charge < -0.3 is 20.4 Å². The van der Waals surface area contributed by atoms with E-state index in [4.69, 9.17) is 34.3 Å². The van der Waals surface area contributed by atoms with Gasteiger partial charge in [0, 0.05) is 11.6 Å². The summed E-state index contributed by atoms with van der Waals surface area (Å²) >= 11 is 12.7. The summed E-state index contributed by atoms with van der Waals surface area (Å²) in [5.41, 5.74) is 8.06. The summed E-state index contributed by atoms with van der Waals surface area (Å²) in [6.07, 6.45) is 0. The van der Waals surface area contributed by atoms with Crippen LogP contribution in [0.2, 0.25) is 5.02 Å². The molecule has 1 amide bonds. The molecule has 8 heteroatoms. The maximum absolute atomic E-state index is 12.6. The number of anilines is 1. The summed E-state index contributed by atoms with van der Waals surface area (Å²) in [6.45, 7) is 0.810. The summed E-state index contributed by atoms with van der Waals surface area (Å²) in [6, 6.07) is 15.0. The molecule has 5 nitrogen and oxygen atoms in total. The van der Waals surface area contributed by atoms with E-state index in [9.17, 15) is 4.79 Å². The van der Waals surface area contributed by atoms with Gasteiger partial charge in [-0.3, -0.25) is 4.79 Å². The maximum atomic E-state index is 12.6. The van der Waals surface area contributed by atoms with E-state index < -0.39 is 0 Å². The minimum absolute atomic E-state index is 0.267. The minimum atomic E-state index is -0.267. The van der Waals surface area contributed by atoms with Crippen LogP contribution in [-0.4, -0.2) is 17.6 Å². The Labute approximate surface area is 171 Å². The molecule has 0 bridgehead atoms. The Kier molecular flexibility index (Phi) is 6.15. The normalized spacial score (nSPS) is 10.6. The van der Waals surface area contributed by atoms with Crippen molar-refractivity contribution in [2.45, 2.75) is 13.1 Å². The maximum Gasteiger partial charge on any atom is 0.265 e. The van der Waals surface area contributed by atoms with Crippen molar-refractivity contribution in [3.63, 3.8) is 0 Å². The minimum Gasteiger partial charge on any atom is -0.497 e. The Morgan fingerprint density at radius 3 is 2.63 bits per heavy atom. The van der Waals surface area contributed by atoms with Crippen molar-refractivity contribution >= 4 is 46.9 Å². The average molecular weight is 420 g/mol. The van der Waals surface area contributed by atoms with Gasteiger partial charge in [-0.2, -0.15) is 0 Å². The highest BCUT2D eigenvalue weighted by Crippen LogP contribution is 2.24. The van der Waals surface area contributed by atoms with Crippen molar-refractivity contribution in [3.05, 3.63) is 73.5 Å².